The van der Waals surface area contributed by atoms with Crippen LogP contribution in [0.25, 0.3) is 22.5 Å². The summed E-state index contributed by atoms with van der Waals surface area (Å²) in [6, 6.07) is 14.1. The normalized spacial score (nSPS) is 14.4. The average Bonchev–Trinajstić information content (AvgIpc) is 3.37. The van der Waals surface area contributed by atoms with E-state index < -0.39 is 11.7 Å². The molecule has 0 atom stereocenters. The molecule has 0 amide bonds. The first-order valence-electron chi connectivity index (χ1n) is 8.29. The summed E-state index contributed by atoms with van der Waals surface area (Å²) in [5.74, 6) is 0.364. The molecule has 1 heterocycles. The topological polar surface area (TPSA) is 45.4 Å². The fraction of sp³-hybridized carbons (Fsp3) is 0.200. The number of hydrogen-bond acceptors (Lipinski definition) is 3. The fourth-order valence-corrected chi connectivity index (χ4v) is 2.84. The Kier molecular flexibility index (Phi) is 3.90. The van der Waals surface area contributed by atoms with Crippen molar-refractivity contribution in [3.8, 4) is 28.2 Å². The molecule has 1 aromatic heterocycles. The number of benzene rings is 2. The van der Waals surface area contributed by atoms with Crippen molar-refractivity contribution >= 4 is 5.88 Å². The predicted molar refractivity (Wildman–Crippen MR) is 92.9 cm³/mol. The number of hydrogen-bond donors (Lipinski definition) is 2. The first-order chi connectivity index (χ1) is 12.4. The van der Waals surface area contributed by atoms with E-state index in [4.69, 9.17) is 4.42 Å². The predicted octanol–water partition coefficient (Wildman–Crippen LogP) is 5.91. The highest BCUT2D eigenvalue weighted by Crippen LogP contribution is 2.48. The van der Waals surface area contributed by atoms with Crippen LogP contribution >= 0.6 is 0 Å². The van der Waals surface area contributed by atoms with Gasteiger partial charge >= 0.3 is 6.18 Å². The van der Waals surface area contributed by atoms with Crippen molar-refractivity contribution < 1.29 is 22.7 Å². The van der Waals surface area contributed by atoms with Crippen molar-refractivity contribution in [1.82, 2.24) is 0 Å². The van der Waals surface area contributed by atoms with E-state index in [2.05, 4.69) is 5.32 Å². The Morgan fingerprint density at radius 2 is 1.65 bits per heavy atom. The summed E-state index contributed by atoms with van der Waals surface area (Å²) in [6.07, 6.45) is -2.53. The zero-order valence-electron chi connectivity index (χ0n) is 13.7. The Labute approximate surface area is 148 Å². The van der Waals surface area contributed by atoms with Crippen LogP contribution in [0.2, 0.25) is 0 Å². The molecule has 0 unspecified atom stereocenters. The summed E-state index contributed by atoms with van der Waals surface area (Å²) in [7, 11) is 0. The molecule has 2 N–H and O–H groups in total. The second-order valence-electron chi connectivity index (χ2n) is 6.35. The molecule has 0 saturated heterocycles. The Morgan fingerprint density at radius 3 is 2.31 bits per heavy atom. The molecule has 0 aliphatic heterocycles. The van der Waals surface area contributed by atoms with Gasteiger partial charge in [-0.3, -0.25) is 0 Å². The lowest BCUT2D eigenvalue weighted by molar-refractivity contribution is -0.137. The lowest BCUT2D eigenvalue weighted by atomic mass is 10.0. The number of alkyl halides is 3. The van der Waals surface area contributed by atoms with Crippen molar-refractivity contribution in [2.24, 2.45) is 0 Å². The molecule has 134 valence electrons. The average molecular weight is 359 g/mol. The standard InChI is InChI=1S/C20H16F3NO2/c21-20(22,23)14-8-4-7-13(11-14)16-17(25)18(12-5-2-1-3-6-12)26-19(16)24-15-9-10-15/h1-8,11,15,24-25H,9-10H2. The Balaban J connectivity index is 1.85. The monoisotopic (exact) mass is 359 g/mol. The van der Waals surface area contributed by atoms with E-state index in [0.29, 0.717) is 11.4 Å². The maximum Gasteiger partial charge on any atom is 0.416 e. The SMILES string of the molecule is Oc1c(-c2ccccc2)oc(NC2CC2)c1-c1cccc(C(F)(F)F)c1. The van der Waals surface area contributed by atoms with Crippen LogP contribution in [0.3, 0.4) is 0 Å². The van der Waals surface area contributed by atoms with E-state index >= 15 is 0 Å². The molecule has 0 radical (unpaired) electrons. The number of halogens is 3. The van der Waals surface area contributed by atoms with Gasteiger partial charge in [-0.25, -0.2) is 0 Å². The highest BCUT2D eigenvalue weighted by Gasteiger charge is 2.32. The molecule has 4 rings (SSSR count). The maximum absolute atomic E-state index is 13.1. The van der Waals surface area contributed by atoms with Crippen molar-refractivity contribution in [1.29, 1.82) is 0 Å². The minimum Gasteiger partial charge on any atom is -0.504 e. The van der Waals surface area contributed by atoms with Crippen molar-refractivity contribution in [2.75, 3.05) is 5.32 Å². The smallest absolute Gasteiger partial charge is 0.416 e. The van der Waals surface area contributed by atoms with E-state index in [1.165, 1.54) is 12.1 Å². The minimum atomic E-state index is -4.46. The van der Waals surface area contributed by atoms with E-state index in [-0.39, 0.29) is 28.7 Å². The lowest BCUT2D eigenvalue weighted by Crippen LogP contribution is -2.05. The Hall–Kier alpha value is -2.89. The highest BCUT2D eigenvalue weighted by atomic mass is 19.4. The molecule has 1 aliphatic carbocycles. The highest BCUT2D eigenvalue weighted by molar-refractivity contribution is 5.87. The van der Waals surface area contributed by atoms with Gasteiger partial charge in [0.25, 0.3) is 0 Å². The number of aromatic hydroxyl groups is 1. The van der Waals surface area contributed by atoms with Gasteiger partial charge in [-0.15, -0.1) is 0 Å². The lowest BCUT2D eigenvalue weighted by Gasteiger charge is -2.09. The van der Waals surface area contributed by atoms with Gasteiger partial charge in [-0.1, -0.05) is 42.5 Å². The molecule has 2 aromatic carbocycles. The van der Waals surface area contributed by atoms with Gasteiger partial charge in [0.05, 0.1) is 11.1 Å². The second kappa shape index (κ2) is 6.12. The van der Waals surface area contributed by atoms with Gasteiger partial charge in [-0.05, 0) is 30.5 Å². The summed E-state index contributed by atoms with van der Waals surface area (Å²) in [5, 5.41) is 13.9. The Bertz CT molecular complexity index is 928. The third-order valence-corrected chi connectivity index (χ3v) is 4.31. The molecule has 1 fully saturated rings. The summed E-state index contributed by atoms with van der Waals surface area (Å²) < 4.78 is 45.0. The van der Waals surface area contributed by atoms with E-state index in [0.717, 1.165) is 25.0 Å². The van der Waals surface area contributed by atoms with Crippen LogP contribution in [0, 0.1) is 0 Å². The minimum absolute atomic E-state index is 0.168. The van der Waals surface area contributed by atoms with Crippen LogP contribution < -0.4 is 5.32 Å². The molecule has 1 saturated carbocycles. The van der Waals surface area contributed by atoms with Crippen molar-refractivity contribution in [2.45, 2.75) is 25.1 Å². The second-order valence-corrected chi connectivity index (χ2v) is 6.35. The maximum atomic E-state index is 13.1. The molecule has 3 nitrogen and oxygen atoms in total. The van der Waals surface area contributed by atoms with Gasteiger partial charge < -0.3 is 14.8 Å². The van der Waals surface area contributed by atoms with Gasteiger partial charge in [-0.2, -0.15) is 13.2 Å². The number of nitrogens with one attached hydrogen (secondary N) is 1. The molecule has 0 bridgehead atoms. The van der Waals surface area contributed by atoms with Crippen molar-refractivity contribution in [3.63, 3.8) is 0 Å². The summed E-state index contributed by atoms with van der Waals surface area (Å²) in [6.45, 7) is 0. The molecule has 26 heavy (non-hydrogen) atoms. The third-order valence-electron chi connectivity index (χ3n) is 4.31. The van der Waals surface area contributed by atoms with E-state index in [1.54, 1.807) is 24.3 Å². The van der Waals surface area contributed by atoms with E-state index in [1.807, 2.05) is 6.07 Å². The van der Waals surface area contributed by atoms with Gasteiger partial charge in [0, 0.05) is 11.6 Å². The first-order valence-corrected chi connectivity index (χ1v) is 8.29. The quantitative estimate of drug-likeness (QED) is 0.608. The zero-order valence-corrected chi connectivity index (χ0v) is 13.7. The summed E-state index contributed by atoms with van der Waals surface area (Å²) in [4.78, 5) is 0. The van der Waals surface area contributed by atoms with Crippen LogP contribution in [-0.2, 0) is 6.18 Å². The van der Waals surface area contributed by atoms with Crippen LogP contribution in [0.15, 0.2) is 59.0 Å². The largest absolute Gasteiger partial charge is 0.504 e. The van der Waals surface area contributed by atoms with Crippen LogP contribution in [-0.4, -0.2) is 11.1 Å². The molecule has 6 heteroatoms. The number of furan rings is 1. The summed E-state index contributed by atoms with van der Waals surface area (Å²) in [5.41, 5.74) is 0.393. The third kappa shape index (κ3) is 3.14. The molecular formula is C20H16F3NO2. The van der Waals surface area contributed by atoms with E-state index in [9.17, 15) is 18.3 Å². The summed E-state index contributed by atoms with van der Waals surface area (Å²) >= 11 is 0. The van der Waals surface area contributed by atoms with Gasteiger partial charge in [0.2, 0.25) is 5.88 Å². The van der Waals surface area contributed by atoms with Gasteiger partial charge in [0.1, 0.15) is 0 Å². The number of anilines is 1. The molecule has 0 spiro atoms. The van der Waals surface area contributed by atoms with Gasteiger partial charge in [0.15, 0.2) is 11.5 Å². The Morgan fingerprint density at radius 1 is 0.962 bits per heavy atom. The fourth-order valence-electron chi connectivity index (χ4n) is 2.84. The molecular weight excluding hydrogens is 343 g/mol. The van der Waals surface area contributed by atoms with Crippen LogP contribution in [0.1, 0.15) is 18.4 Å². The number of rotatable bonds is 4. The van der Waals surface area contributed by atoms with Crippen molar-refractivity contribution in [3.05, 3.63) is 60.2 Å². The van der Waals surface area contributed by atoms with Crippen LogP contribution in [0.4, 0.5) is 19.1 Å². The molecule has 1 aliphatic rings. The first kappa shape index (κ1) is 16.6. The molecule has 3 aromatic rings. The zero-order chi connectivity index (χ0) is 18.3. The van der Waals surface area contributed by atoms with Crippen LogP contribution in [0.5, 0.6) is 5.75 Å².